The average molecular weight is 505 g/mol. The number of aliphatic carboxylic acids is 1. The number of rotatable bonds is 7. The fraction of sp³-hybridized carbons (Fsp3) is 0.438. The monoisotopic (exact) mass is 504 g/mol. The van der Waals surface area contributed by atoms with Gasteiger partial charge in [-0.1, -0.05) is 17.8 Å². The van der Waals surface area contributed by atoms with Crippen molar-refractivity contribution in [1.29, 1.82) is 0 Å². The number of amides is 2. The lowest BCUT2D eigenvalue weighted by atomic mass is 9.89. The molecule has 0 saturated carbocycles. The largest absolute Gasteiger partial charge is 0.481 e. The molecule has 2 aromatic rings. The van der Waals surface area contributed by atoms with Gasteiger partial charge in [0.2, 0.25) is 5.91 Å². The summed E-state index contributed by atoms with van der Waals surface area (Å²) in [5.74, 6) is -1.28. The number of nitrogens with zero attached hydrogens (tertiary/aromatic N) is 4. The third-order valence-corrected chi connectivity index (χ3v) is 11.2. The van der Waals surface area contributed by atoms with Gasteiger partial charge in [-0.05, 0) is 23.0 Å². The molecule has 2 aliphatic heterocycles. The highest BCUT2D eigenvalue weighted by Crippen LogP contribution is 2.46. The van der Waals surface area contributed by atoms with Crippen molar-refractivity contribution < 1.29 is 23.7 Å². The van der Waals surface area contributed by atoms with E-state index in [0.717, 1.165) is 4.31 Å². The number of carbonyl (C=O) groups excluding carboxylic acids is 2. The van der Waals surface area contributed by atoms with Crippen molar-refractivity contribution in [1.82, 2.24) is 18.6 Å². The molecule has 0 radical (unpaired) electrons. The standard InChI is InChI=1S/C16H16N4O5S5/c1-9(21)20(30(25)10-3-2-4-26-10)11-12(22)19-5-16(14(23)24,6-27-13(11)19)7-28-15-17-8-18-29-15/h2-4,8,11,13H,5-7H2,1H3,(H,23,24)/t11?,13-,16?,30?/m1/s1. The molecule has 4 heterocycles. The van der Waals surface area contributed by atoms with Crippen molar-refractivity contribution in [2.75, 3.05) is 18.1 Å². The summed E-state index contributed by atoms with van der Waals surface area (Å²) in [5, 5.41) is 11.2. The number of hydrogen-bond acceptors (Lipinski definition) is 10. The van der Waals surface area contributed by atoms with E-state index in [1.54, 1.807) is 17.5 Å². The maximum Gasteiger partial charge on any atom is 0.313 e. The zero-order chi connectivity index (χ0) is 21.5. The van der Waals surface area contributed by atoms with Gasteiger partial charge in [0, 0.05) is 25.0 Å². The van der Waals surface area contributed by atoms with Crippen molar-refractivity contribution in [3.05, 3.63) is 23.8 Å². The van der Waals surface area contributed by atoms with E-state index in [-0.39, 0.29) is 24.0 Å². The summed E-state index contributed by atoms with van der Waals surface area (Å²) in [7, 11) is -1.78. The Kier molecular flexibility index (Phi) is 6.21. The number of carboxylic acids is 1. The first-order valence-electron chi connectivity index (χ1n) is 8.64. The second-order valence-corrected chi connectivity index (χ2v) is 12.4. The van der Waals surface area contributed by atoms with Crippen LogP contribution in [0.25, 0.3) is 0 Å². The number of fused-ring (bicyclic) bond motifs is 1. The van der Waals surface area contributed by atoms with Crippen LogP contribution < -0.4 is 0 Å². The Labute approximate surface area is 191 Å². The predicted octanol–water partition coefficient (Wildman–Crippen LogP) is 1.62. The molecule has 0 aromatic carbocycles. The molecule has 2 fully saturated rings. The van der Waals surface area contributed by atoms with Gasteiger partial charge < -0.3 is 10.0 Å². The summed E-state index contributed by atoms with van der Waals surface area (Å²) in [5.41, 5.74) is -1.13. The minimum Gasteiger partial charge on any atom is -0.481 e. The Morgan fingerprint density at radius 3 is 2.90 bits per heavy atom. The van der Waals surface area contributed by atoms with E-state index < -0.39 is 39.7 Å². The first-order valence-corrected chi connectivity index (χ1v) is 13.4. The SMILES string of the molecule is CC(=O)N(C1C(=O)N2CC(CSc3ncns3)(C(=O)O)CS[C@H]12)S(=O)c1cccs1. The maximum absolute atomic E-state index is 12.9. The minimum atomic E-state index is -1.78. The van der Waals surface area contributed by atoms with E-state index in [9.17, 15) is 23.7 Å². The van der Waals surface area contributed by atoms with Gasteiger partial charge in [-0.2, -0.15) is 4.37 Å². The van der Waals surface area contributed by atoms with Crippen LogP contribution in [0.3, 0.4) is 0 Å². The van der Waals surface area contributed by atoms with Crippen LogP contribution >= 0.6 is 46.4 Å². The molecule has 0 aliphatic carbocycles. The van der Waals surface area contributed by atoms with Gasteiger partial charge in [0.25, 0.3) is 5.91 Å². The molecule has 4 rings (SSSR count). The summed E-state index contributed by atoms with van der Waals surface area (Å²) in [6.45, 7) is 1.33. The van der Waals surface area contributed by atoms with E-state index in [2.05, 4.69) is 9.36 Å². The second kappa shape index (κ2) is 8.57. The Morgan fingerprint density at radius 1 is 1.50 bits per heavy atom. The molecule has 0 bridgehead atoms. The number of hydrogen-bond donors (Lipinski definition) is 1. The van der Waals surface area contributed by atoms with Crippen molar-refractivity contribution in [2.45, 2.75) is 26.9 Å². The van der Waals surface area contributed by atoms with Crippen LogP contribution in [0.4, 0.5) is 0 Å². The fourth-order valence-corrected chi connectivity index (χ4v) is 8.91. The van der Waals surface area contributed by atoms with E-state index in [1.165, 1.54) is 64.5 Å². The fourth-order valence-electron chi connectivity index (χ4n) is 3.27. The summed E-state index contributed by atoms with van der Waals surface area (Å²) in [6, 6.07) is 2.53. The first kappa shape index (κ1) is 21.7. The summed E-state index contributed by atoms with van der Waals surface area (Å²) < 4.78 is 19.1. The van der Waals surface area contributed by atoms with Gasteiger partial charge >= 0.3 is 5.97 Å². The molecule has 3 unspecified atom stereocenters. The third kappa shape index (κ3) is 3.79. The summed E-state index contributed by atoms with van der Waals surface area (Å²) in [6.07, 6.45) is 1.42. The molecule has 30 heavy (non-hydrogen) atoms. The van der Waals surface area contributed by atoms with Crippen molar-refractivity contribution in [2.24, 2.45) is 5.41 Å². The number of thioether (sulfide) groups is 2. The lowest BCUT2D eigenvalue weighted by Crippen LogP contribution is -2.74. The zero-order valence-corrected chi connectivity index (χ0v) is 19.6. The van der Waals surface area contributed by atoms with E-state index in [4.69, 9.17) is 0 Å². The van der Waals surface area contributed by atoms with Gasteiger partial charge in [-0.3, -0.25) is 14.4 Å². The quantitative estimate of drug-likeness (QED) is 0.443. The van der Waals surface area contributed by atoms with Gasteiger partial charge in [0.05, 0.1) is 0 Å². The van der Waals surface area contributed by atoms with Gasteiger partial charge in [0.15, 0.2) is 21.4 Å². The van der Waals surface area contributed by atoms with Crippen molar-refractivity contribution >= 4 is 75.2 Å². The molecular weight excluding hydrogens is 489 g/mol. The zero-order valence-electron chi connectivity index (χ0n) is 15.5. The van der Waals surface area contributed by atoms with Crippen molar-refractivity contribution in [3.8, 4) is 0 Å². The molecule has 14 heteroatoms. The number of carbonyl (C=O) groups is 3. The predicted molar refractivity (Wildman–Crippen MR) is 116 cm³/mol. The minimum absolute atomic E-state index is 0.0402. The molecule has 4 atom stereocenters. The van der Waals surface area contributed by atoms with Crippen LogP contribution in [0, 0.1) is 5.41 Å². The molecule has 9 nitrogen and oxygen atoms in total. The number of aromatic nitrogens is 2. The Balaban J connectivity index is 1.51. The van der Waals surface area contributed by atoms with Crippen LogP contribution in [-0.4, -0.2) is 75.1 Å². The molecule has 2 amide bonds. The Hall–Kier alpha value is -1.48. The van der Waals surface area contributed by atoms with Crippen LogP contribution in [0.15, 0.2) is 32.4 Å². The van der Waals surface area contributed by atoms with Gasteiger partial charge in [0.1, 0.15) is 21.3 Å². The number of carboxylic acid groups (broad SMARTS) is 1. The first-order chi connectivity index (χ1) is 14.3. The maximum atomic E-state index is 12.9. The van der Waals surface area contributed by atoms with Crippen molar-refractivity contribution in [3.63, 3.8) is 0 Å². The lowest BCUT2D eigenvalue weighted by molar-refractivity contribution is -0.161. The summed E-state index contributed by atoms with van der Waals surface area (Å²) >= 11 is 5.06. The highest BCUT2D eigenvalue weighted by Gasteiger charge is 2.60. The molecule has 2 aliphatic rings. The van der Waals surface area contributed by atoms with Gasteiger partial charge in [-0.25, -0.2) is 13.5 Å². The summed E-state index contributed by atoms with van der Waals surface area (Å²) in [4.78, 5) is 42.8. The third-order valence-electron chi connectivity index (χ3n) is 4.79. The smallest absolute Gasteiger partial charge is 0.313 e. The second-order valence-electron chi connectivity index (χ2n) is 6.72. The molecule has 2 saturated heterocycles. The van der Waals surface area contributed by atoms with Gasteiger partial charge in [-0.15, -0.1) is 23.1 Å². The number of β-lactam (4-membered cyclic amide) rings is 1. The Bertz CT molecular complexity index is 984. The van der Waals surface area contributed by atoms with Crippen LogP contribution in [0.2, 0.25) is 0 Å². The molecular formula is C16H16N4O5S5. The highest BCUT2D eigenvalue weighted by molar-refractivity contribution is 8.01. The molecule has 160 valence electrons. The molecule has 2 aromatic heterocycles. The topological polar surface area (TPSA) is 121 Å². The average Bonchev–Trinajstić information content (AvgIpc) is 3.43. The Morgan fingerprint density at radius 2 is 2.30 bits per heavy atom. The van der Waals surface area contributed by atoms with Crippen LogP contribution in [-0.2, 0) is 25.4 Å². The van der Waals surface area contributed by atoms with E-state index >= 15 is 0 Å². The number of thiophene rings is 1. The van der Waals surface area contributed by atoms with E-state index in [0.29, 0.717) is 8.55 Å². The molecule has 0 spiro atoms. The van der Waals surface area contributed by atoms with E-state index in [1.807, 2.05) is 0 Å². The van der Waals surface area contributed by atoms with Crippen LogP contribution in [0.5, 0.6) is 0 Å². The van der Waals surface area contributed by atoms with Crippen LogP contribution in [0.1, 0.15) is 6.92 Å². The normalized spacial score (nSPS) is 26.6. The highest BCUT2D eigenvalue weighted by atomic mass is 32.2. The molecule has 1 N–H and O–H groups in total. The lowest BCUT2D eigenvalue weighted by Gasteiger charge is -2.55.